The lowest BCUT2D eigenvalue weighted by Gasteiger charge is -2.05. The highest BCUT2D eigenvalue weighted by Gasteiger charge is 2.05. The number of fused-ring (bicyclic) bond motifs is 1. The van der Waals surface area contributed by atoms with Crippen LogP contribution < -0.4 is 5.32 Å². The average Bonchev–Trinajstić information content (AvgIpc) is 2.97. The van der Waals surface area contributed by atoms with Gasteiger partial charge in [0, 0.05) is 35.1 Å². The van der Waals surface area contributed by atoms with Crippen molar-refractivity contribution in [3.63, 3.8) is 0 Å². The summed E-state index contributed by atoms with van der Waals surface area (Å²) in [5, 5.41) is 4.92. The van der Waals surface area contributed by atoms with Crippen LogP contribution in [0.2, 0.25) is 5.02 Å². The summed E-state index contributed by atoms with van der Waals surface area (Å²) in [6.07, 6.45) is 4.03. The maximum Gasteiger partial charge on any atom is 0.220 e. The summed E-state index contributed by atoms with van der Waals surface area (Å²) < 4.78 is 0. The van der Waals surface area contributed by atoms with Crippen LogP contribution in [-0.2, 0) is 17.6 Å². The molecule has 1 aromatic heterocycles. The molecular weight excluding hydrogens is 308 g/mol. The van der Waals surface area contributed by atoms with Crippen molar-refractivity contribution in [2.75, 3.05) is 6.54 Å². The molecule has 2 N–H and O–H groups in total. The van der Waals surface area contributed by atoms with Crippen molar-refractivity contribution in [3.05, 3.63) is 70.9 Å². The number of H-pyrrole nitrogens is 1. The van der Waals surface area contributed by atoms with E-state index in [1.165, 1.54) is 10.9 Å². The molecule has 2 aromatic carbocycles. The number of hydrogen-bond donors (Lipinski definition) is 2. The summed E-state index contributed by atoms with van der Waals surface area (Å²) in [6.45, 7) is 0.649. The Morgan fingerprint density at radius 3 is 2.83 bits per heavy atom. The third-order valence-electron chi connectivity index (χ3n) is 3.92. The monoisotopic (exact) mass is 326 g/mol. The maximum atomic E-state index is 11.9. The zero-order valence-corrected chi connectivity index (χ0v) is 13.6. The predicted octanol–water partition coefficient (Wildman–Crippen LogP) is 4.11. The normalized spacial score (nSPS) is 10.8. The molecule has 0 atom stereocenters. The number of para-hydroxylation sites is 1. The highest BCUT2D eigenvalue weighted by molar-refractivity contribution is 6.30. The minimum atomic E-state index is 0.0739. The summed E-state index contributed by atoms with van der Waals surface area (Å²) >= 11 is 5.95. The molecule has 0 aliphatic carbocycles. The standard InChI is InChI=1S/C19H19ClN2O/c20-16-5-3-4-14(12-16)8-9-19(23)21-11-10-15-13-22-18-7-2-1-6-17(15)18/h1-7,12-13,22H,8-11H2,(H,21,23). The first kappa shape index (κ1) is 15.6. The number of carbonyl (C=O) groups excluding carboxylic acids is 1. The van der Waals surface area contributed by atoms with E-state index >= 15 is 0 Å². The molecular formula is C19H19ClN2O. The molecule has 3 rings (SSSR count). The number of aryl methyl sites for hydroxylation is 1. The Bertz CT molecular complexity index is 810. The van der Waals surface area contributed by atoms with Crippen molar-refractivity contribution >= 4 is 28.4 Å². The van der Waals surface area contributed by atoms with Crippen LogP contribution in [0.15, 0.2) is 54.7 Å². The van der Waals surface area contributed by atoms with Gasteiger partial charge in [0.25, 0.3) is 0 Å². The summed E-state index contributed by atoms with van der Waals surface area (Å²) in [5.74, 6) is 0.0739. The molecule has 0 radical (unpaired) electrons. The van der Waals surface area contributed by atoms with Crippen LogP contribution in [-0.4, -0.2) is 17.4 Å². The van der Waals surface area contributed by atoms with Gasteiger partial charge >= 0.3 is 0 Å². The van der Waals surface area contributed by atoms with E-state index in [0.717, 1.165) is 17.5 Å². The fraction of sp³-hybridized carbons (Fsp3) is 0.211. The van der Waals surface area contributed by atoms with E-state index < -0.39 is 0 Å². The molecule has 0 saturated heterocycles. The highest BCUT2D eigenvalue weighted by Crippen LogP contribution is 2.17. The van der Waals surface area contributed by atoms with Gasteiger partial charge in [0.1, 0.15) is 0 Å². The second-order valence-electron chi connectivity index (χ2n) is 5.59. The summed E-state index contributed by atoms with van der Waals surface area (Å²) in [6, 6.07) is 15.8. The van der Waals surface area contributed by atoms with E-state index in [1.807, 2.05) is 42.6 Å². The number of benzene rings is 2. The van der Waals surface area contributed by atoms with Crippen LogP contribution in [0.4, 0.5) is 0 Å². The van der Waals surface area contributed by atoms with E-state index in [9.17, 15) is 4.79 Å². The van der Waals surface area contributed by atoms with Gasteiger partial charge in [0.15, 0.2) is 0 Å². The van der Waals surface area contributed by atoms with Crippen LogP contribution in [0.3, 0.4) is 0 Å². The molecule has 0 spiro atoms. The minimum Gasteiger partial charge on any atom is -0.361 e. The van der Waals surface area contributed by atoms with Crippen molar-refractivity contribution in [3.8, 4) is 0 Å². The van der Waals surface area contributed by atoms with Crippen molar-refractivity contribution in [1.82, 2.24) is 10.3 Å². The van der Waals surface area contributed by atoms with Crippen LogP contribution in [0, 0.1) is 0 Å². The molecule has 4 heteroatoms. The Kier molecular flexibility index (Phi) is 4.99. The van der Waals surface area contributed by atoms with Crippen molar-refractivity contribution < 1.29 is 4.79 Å². The summed E-state index contributed by atoms with van der Waals surface area (Å²) in [7, 11) is 0. The lowest BCUT2D eigenvalue weighted by atomic mass is 10.1. The smallest absolute Gasteiger partial charge is 0.220 e. The lowest BCUT2D eigenvalue weighted by Crippen LogP contribution is -2.25. The quantitative estimate of drug-likeness (QED) is 0.703. The number of nitrogens with one attached hydrogen (secondary N) is 2. The van der Waals surface area contributed by atoms with E-state index in [-0.39, 0.29) is 5.91 Å². The zero-order valence-electron chi connectivity index (χ0n) is 12.8. The van der Waals surface area contributed by atoms with Gasteiger partial charge in [-0.15, -0.1) is 0 Å². The average molecular weight is 327 g/mol. The van der Waals surface area contributed by atoms with Crippen LogP contribution in [0.5, 0.6) is 0 Å². The molecule has 118 valence electrons. The molecule has 0 unspecified atom stereocenters. The number of amides is 1. The molecule has 3 aromatic rings. The van der Waals surface area contributed by atoms with Crippen molar-refractivity contribution in [2.45, 2.75) is 19.3 Å². The van der Waals surface area contributed by atoms with Gasteiger partial charge in [0.05, 0.1) is 0 Å². The van der Waals surface area contributed by atoms with E-state index in [1.54, 1.807) is 0 Å². The lowest BCUT2D eigenvalue weighted by molar-refractivity contribution is -0.121. The molecule has 3 nitrogen and oxygen atoms in total. The second kappa shape index (κ2) is 7.34. The van der Waals surface area contributed by atoms with E-state index in [0.29, 0.717) is 24.4 Å². The predicted molar refractivity (Wildman–Crippen MR) is 94.8 cm³/mol. The van der Waals surface area contributed by atoms with Gasteiger partial charge in [-0.2, -0.15) is 0 Å². The second-order valence-corrected chi connectivity index (χ2v) is 6.03. The Balaban J connectivity index is 1.46. The Labute approximate surface area is 140 Å². The Morgan fingerprint density at radius 1 is 1.09 bits per heavy atom. The van der Waals surface area contributed by atoms with Gasteiger partial charge in [-0.3, -0.25) is 4.79 Å². The largest absolute Gasteiger partial charge is 0.361 e. The number of carbonyl (C=O) groups is 1. The summed E-state index contributed by atoms with van der Waals surface area (Å²) in [4.78, 5) is 15.2. The Hall–Kier alpha value is -2.26. The number of hydrogen-bond acceptors (Lipinski definition) is 1. The molecule has 1 heterocycles. The van der Waals surface area contributed by atoms with Gasteiger partial charge in [-0.25, -0.2) is 0 Å². The maximum absolute atomic E-state index is 11.9. The van der Waals surface area contributed by atoms with E-state index in [2.05, 4.69) is 22.4 Å². The molecule has 0 aliphatic rings. The van der Waals surface area contributed by atoms with Gasteiger partial charge < -0.3 is 10.3 Å². The molecule has 1 amide bonds. The SMILES string of the molecule is O=C(CCc1cccc(Cl)c1)NCCc1c[nH]c2ccccc12. The van der Waals surface area contributed by atoms with Crippen LogP contribution in [0.1, 0.15) is 17.5 Å². The van der Waals surface area contributed by atoms with E-state index in [4.69, 9.17) is 11.6 Å². The molecule has 0 saturated carbocycles. The van der Waals surface area contributed by atoms with Gasteiger partial charge in [0.2, 0.25) is 5.91 Å². The van der Waals surface area contributed by atoms with Crippen LogP contribution in [0.25, 0.3) is 10.9 Å². The molecule has 23 heavy (non-hydrogen) atoms. The molecule has 0 fully saturated rings. The fourth-order valence-corrected chi connectivity index (χ4v) is 2.93. The third-order valence-corrected chi connectivity index (χ3v) is 4.16. The summed E-state index contributed by atoms with van der Waals surface area (Å²) in [5.41, 5.74) is 3.45. The first-order chi connectivity index (χ1) is 11.2. The van der Waals surface area contributed by atoms with Crippen LogP contribution >= 0.6 is 11.6 Å². The topological polar surface area (TPSA) is 44.9 Å². The van der Waals surface area contributed by atoms with Crippen molar-refractivity contribution in [1.29, 1.82) is 0 Å². The van der Waals surface area contributed by atoms with Crippen molar-refractivity contribution in [2.24, 2.45) is 0 Å². The first-order valence-electron chi connectivity index (χ1n) is 7.78. The molecule has 0 aliphatic heterocycles. The molecule has 0 bridgehead atoms. The zero-order chi connectivity index (χ0) is 16.1. The first-order valence-corrected chi connectivity index (χ1v) is 8.16. The Morgan fingerprint density at radius 2 is 1.96 bits per heavy atom. The third kappa shape index (κ3) is 4.14. The number of aromatic amines is 1. The van der Waals surface area contributed by atoms with Gasteiger partial charge in [-0.1, -0.05) is 41.9 Å². The number of aromatic nitrogens is 1. The fourth-order valence-electron chi connectivity index (χ4n) is 2.71. The van der Waals surface area contributed by atoms with Gasteiger partial charge in [-0.05, 0) is 42.2 Å². The number of halogens is 1. The minimum absolute atomic E-state index is 0.0739. The highest BCUT2D eigenvalue weighted by atomic mass is 35.5. The number of rotatable bonds is 6.